The number of hydrogen-bond donors (Lipinski definition) is 0. The molecule has 0 amide bonds. The van der Waals surface area contributed by atoms with E-state index < -0.39 is 0 Å². The van der Waals surface area contributed by atoms with E-state index in [1.807, 2.05) is 0 Å². The van der Waals surface area contributed by atoms with Crippen molar-refractivity contribution < 1.29 is 0 Å². The van der Waals surface area contributed by atoms with Gasteiger partial charge in [0.15, 0.2) is 0 Å². The van der Waals surface area contributed by atoms with Gasteiger partial charge in [-0.2, -0.15) is 0 Å². The summed E-state index contributed by atoms with van der Waals surface area (Å²) < 4.78 is 0. The second-order valence-electron chi connectivity index (χ2n) is 6.15. The predicted molar refractivity (Wildman–Crippen MR) is 79.0 cm³/mol. The summed E-state index contributed by atoms with van der Waals surface area (Å²) in [4.78, 5) is 5.61. The van der Waals surface area contributed by atoms with E-state index in [-0.39, 0.29) is 0 Å². The molecule has 0 aromatic heterocycles. The number of piperidine rings is 1. The first-order chi connectivity index (χ1) is 8.78. The van der Waals surface area contributed by atoms with E-state index >= 15 is 0 Å². The summed E-state index contributed by atoms with van der Waals surface area (Å²) in [6, 6.07) is 0.815. The molecule has 0 aliphatic carbocycles. The van der Waals surface area contributed by atoms with Gasteiger partial charge >= 0.3 is 0 Å². The Morgan fingerprint density at radius 2 is 1.56 bits per heavy atom. The lowest BCUT2D eigenvalue weighted by atomic mass is 9.80. The molecule has 0 spiro atoms. The molecule has 2 saturated heterocycles. The first-order valence-corrected chi connectivity index (χ1v) is 8.27. The van der Waals surface area contributed by atoms with Gasteiger partial charge in [0.1, 0.15) is 0 Å². The topological polar surface area (TPSA) is 6.48 Å². The van der Waals surface area contributed by atoms with Crippen LogP contribution in [0.5, 0.6) is 0 Å². The Morgan fingerprint density at radius 1 is 0.889 bits per heavy atom. The minimum Gasteiger partial charge on any atom is -0.299 e. The molecule has 18 heavy (non-hydrogen) atoms. The molecular formula is C16H32N2. The summed E-state index contributed by atoms with van der Waals surface area (Å²) >= 11 is 0. The smallest absolute Gasteiger partial charge is 0.0359 e. The van der Waals surface area contributed by atoms with E-state index in [1.54, 1.807) is 0 Å². The number of nitrogens with zero attached hydrogens (tertiary/aromatic N) is 2. The Morgan fingerprint density at radius 3 is 2.11 bits per heavy atom. The molecule has 106 valence electrons. The van der Waals surface area contributed by atoms with Crippen LogP contribution in [0.2, 0.25) is 0 Å². The summed E-state index contributed by atoms with van der Waals surface area (Å²) in [6.07, 6.45) is 9.76. The van der Waals surface area contributed by atoms with E-state index in [4.69, 9.17) is 0 Å². The first kappa shape index (κ1) is 14.3. The molecule has 2 aliphatic heterocycles. The molecule has 2 heteroatoms. The van der Waals surface area contributed by atoms with Crippen molar-refractivity contribution in [3.8, 4) is 0 Å². The van der Waals surface area contributed by atoms with Crippen molar-refractivity contribution in [3.05, 3.63) is 0 Å². The quantitative estimate of drug-likeness (QED) is 0.739. The third-order valence-corrected chi connectivity index (χ3v) is 5.60. The summed E-state index contributed by atoms with van der Waals surface area (Å²) in [5.74, 6) is 0. The molecule has 0 bridgehead atoms. The fourth-order valence-corrected chi connectivity index (χ4v) is 4.53. The Kier molecular flexibility index (Phi) is 5.08. The van der Waals surface area contributed by atoms with Crippen molar-refractivity contribution in [2.75, 3.05) is 26.2 Å². The van der Waals surface area contributed by atoms with Gasteiger partial charge in [-0.3, -0.25) is 9.80 Å². The minimum absolute atomic E-state index is 0.465. The second-order valence-corrected chi connectivity index (χ2v) is 6.15. The van der Waals surface area contributed by atoms with Crippen LogP contribution in [-0.4, -0.2) is 47.6 Å². The van der Waals surface area contributed by atoms with Crippen LogP contribution in [0, 0.1) is 0 Å². The van der Waals surface area contributed by atoms with Crippen LogP contribution in [0.4, 0.5) is 0 Å². The Hall–Kier alpha value is -0.0800. The van der Waals surface area contributed by atoms with E-state index in [2.05, 4.69) is 30.6 Å². The van der Waals surface area contributed by atoms with Gasteiger partial charge in [0.2, 0.25) is 0 Å². The largest absolute Gasteiger partial charge is 0.299 e. The first-order valence-electron chi connectivity index (χ1n) is 8.27. The lowest BCUT2D eigenvalue weighted by molar-refractivity contribution is -0.00670. The molecule has 0 radical (unpaired) electrons. The van der Waals surface area contributed by atoms with Crippen molar-refractivity contribution >= 4 is 0 Å². The summed E-state index contributed by atoms with van der Waals surface area (Å²) in [5.41, 5.74) is 0.465. The van der Waals surface area contributed by atoms with Crippen LogP contribution < -0.4 is 0 Å². The molecule has 1 unspecified atom stereocenters. The van der Waals surface area contributed by atoms with Crippen LogP contribution in [0.3, 0.4) is 0 Å². The van der Waals surface area contributed by atoms with Crippen molar-refractivity contribution in [1.82, 2.24) is 9.80 Å². The molecule has 0 saturated carbocycles. The summed E-state index contributed by atoms with van der Waals surface area (Å²) in [6.45, 7) is 12.4. The third kappa shape index (κ3) is 2.46. The van der Waals surface area contributed by atoms with E-state index in [0.717, 1.165) is 6.04 Å². The molecule has 0 aromatic rings. The molecule has 1 atom stereocenters. The highest BCUT2D eigenvalue weighted by Crippen LogP contribution is 2.38. The molecule has 2 nitrogen and oxygen atoms in total. The van der Waals surface area contributed by atoms with Gasteiger partial charge in [-0.1, -0.05) is 27.2 Å². The Labute approximate surface area is 114 Å². The van der Waals surface area contributed by atoms with Gasteiger partial charge in [0.05, 0.1) is 0 Å². The lowest BCUT2D eigenvalue weighted by Crippen LogP contribution is -2.61. The minimum atomic E-state index is 0.465. The fraction of sp³-hybridized carbons (Fsp3) is 1.00. The molecule has 2 aliphatic rings. The van der Waals surface area contributed by atoms with Gasteiger partial charge in [0.25, 0.3) is 0 Å². The van der Waals surface area contributed by atoms with Crippen molar-refractivity contribution in [2.24, 2.45) is 0 Å². The van der Waals surface area contributed by atoms with Crippen LogP contribution in [0.25, 0.3) is 0 Å². The van der Waals surface area contributed by atoms with Gasteiger partial charge in [0, 0.05) is 11.6 Å². The Bertz CT molecular complexity index is 241. The van der Waals surface area contributed by atoms with Crippen molar-refractivity contribution in [2.45, 2.75) is 77.3 Å². The lowest BCUT2D eigenvalue weighted by Gasteiger charge is -2.51. The predicted octanol–water partition coefficient (Wildman–Crippen LogP) is 3.52. The number of likely N-dealkylation sites (tertiary alicyclic amines) is 2. The molecule has 2 fully saturated rings. The van der Waals surface area contributed by atoms with Crippen molar-refractivity contribution in [3.63, 3.8) is 0 Å². The zero-order chi connectivity index (χ0) is 13.0. The SMILES string of the molecule is CCN1CCCC1C(CC)(CC)N1CCCCC1. The van der Waals surface area contributed by atoms with E-state index in [1.165, 1.54) is 71.1 Å². The van der Waals surface area contributed by atoms with E-state index in [9.17, 15) is 0 Å². The highest BCUT2D eigenvalue weighted by atomic mass is 15.3. The maximum atomic E-state index is 2.86. The highest BCUT2D eigenvalue weighted by Gasteiger charge is 2.45. The summed E-state index contributed by atoms with van der Waals surface area (Å²) in [7, 11) is 0. The third-order valence-electron chi connectivity index (χ3n) is 5.60. The van der Waals surface area contributed by atoms with Crippen LogP contribution in [-0.2, 0) is 0 Å². The number of rotatable bonds is 5. The fourth-order valence-electron chi connectivity index (χ4n) is 4.53. The van der Waals surface area contributed by atoms with Gasteiger partial charge in [-0.15, -0.1) is 0 Å². The zero-order valence-electron chi connectivity index (χ0n) is 12.7. The second kappa shape index (κ2) is 6.38. The summed E-state index contributed by atoms with van der Waals surface area (Å²) in [5, 5.41) is 0. The zero-order valence-corrected chi connectivity index (χ0v) is 12.7. The maximum absolute atomic E-state index is 2.86. The van der Waals surface area contributed by atoms with Gasteiger partial charge < -0.3 is 0 Å². The monoisotopic (exact) mass is 252 g/mol. The van der Waals surface area contributed by atoms with Crippen LogP contribution in [0.15, 0.2) is 0 Å². The average molecular weight is 252 g/mol. The van der Waals surface area contributed by atoms with Crippen LogP contribution in [0.1, 0.15) is 65.7 Å². The molecule has 0 aromatic carbocycles. The van der Waals surface area contributed by atoms with E-state index in [0.29, 0.717) is 5.54 Å². The standard InChI is InChI=1S/C16H32N2/c1-4-16(5-2,18-13-8-7-9-14-18)15-11-10-12-17(15)6-3/h15H,4-14H2,1-3H3. The molecule has 2 heterocycles. The molecule has 2 rings (SSSR count). The molecule has 0 N–H and O–H groups in total. The maximum Gasteiger partial charge on any atom is 0.0359 e. The van der Waals surface area contributed by atoms with Crippen molar-refractivity contribution in [1.29, 1.82) is 0 Å². The average Bonchev–Trinajstić information content (AvgIpc) is 2.91. The van der Waals surface area contributed by atoms with Gasteiger partial charge in [-0.25, -0.2) is 0 Å². The normalized spacial score (nSPS) is 27.8. The van der Waals surface area contributed by atoms with Gasteiger partial charge in [-0.05, 0) is 64.7 Å². The Balaban J connectivity index is 2.18. The highest BCUT2D eigenvalue weighted by molar-refractivity contribution is 5.02. The molecular weight excluding hydrogens is 220 g/mol. The number of likely N-dealkylation sites (N-methyl/N-ethyl adjacent to an activating group) is 1. The van der Waals surface area contributed by atoms with Crippen LogP contribution >= 0.6 is 0 Å². The number of hydrogen-bond acceptors (Lipinski definition) is 2.